The predicted molar refractivity (Wildman–Crippen MR) is 90.6 cm³/mol. The second kappa shape index (κ2) is 7.21. The number of rotatable bonds is 3. The third-order valence-corrected chi connectivity index (χ3v) is 6.65. The Labute approximate surface area is 159 Å². The molecule has 5 N–H and O–H groups in total. The maximum absolute atomic E-state index is 12.6. The van der Waals surface area contributed by atoms with Crippen LogP contribution in [0.2, 0.25) is 0 Å². The van der Waals surface area contributed by atoms with Gasteiger partial charge >= 0.3 is 5.51 Å². The van der Waals surface area contributed by atoms with E-state index in [1.165, 1.54) is 6.07 Å². The van der Waals surface area contributed by atoms with Gasteiger partial charge in [-0.2, -0.15) is 13.2 Å². The third kappa shape index (κ3) is 3.54. The SMILES string of the molecule is Cl.N[C@@H]1[C@@H]2C[C@@H]([C@@H](O)[C@H]2O)[C@@H]1C(=O)Nc1cccc(S(=O)(=O)C(F)(F)F)c1. The number of aliphatic hydroxyl groups excluding tert-OH is 2. The first-order valence-corrected chi connectivity index (χ1v) is 9.27. The maximum atomic E-state index is 12.6. The summed E-state index contributed by atoms with van der Waals surface area (Å²) in [4.78, 5) is 11.5. The van der Waals surface area contributed by atoms with Gasteiger partial charge in [0.1, 0.15) is 0 Å². The summed E-state index contributed by atoms with van der Waals surface area (Å²) in [5.74, 6) is -2.48. The van der Waals surface area contributed by atoms with E-state index in [0.717, 1.165) is 12.1 Å². The first-order valence-electron chi connectivity index (χ1n) is 7.79. The van der Waals surface area contributed by atoms with Crippen LogP contribution in [0.25, 0.3) is 0 Å². The van der Waals surface area contributed by atoms with Crippen molar-refractivity contribution < 1.29 is 36.6 Å². The fourth-order valence-electron chi connectivity index (χ4n) is 3.86. The first kappa shape index (κ1) is 21.9. The first-order chi connectivity index (χ1) is 11.9. The Morgan fingerprint density at radius 3 is 2.33 bits per heavy atom. The molecule has 7 nitrogen and oxygen atoms in total. The maximum Gasteiger partial charge on any atom is 0.501 e. The number of carbonyl (C=O) groups is 1. The molecule has 2 aliphatic rings. The van der Waals surface area contributed by atoms with E-state index in [2.05, 4.69) is 5.32 Å². The third-order valence-electron chi connectivity index (χ3n) is 5.16. The van der Waals surface area contributed by atoms with Crippen molar-refractivity contribution in [3.8, 4) is 0 Å². The predicted octanol–water partition coefficient (Wildman–Crippen LogP) is 0.655. The number of alkyl halides is 3. The van der Waals surface area contributed by atoms with E-state index in [1.807, 2.05) is 0 Å². The number of benzene rings is 1. The standard InChI is InChI=1S/C15H17F3N2O5S.ClH/c16-15(17,18)26(24,25)7-3-1-2-6(4-7)20-14(23)10-8-5-9(11(10)19)13(22)12(8)21;/h1-4,8-13,21-22H,5,19H2,(H,20,23);1H/t8-,9+,10+,11-,12-,13+;/m1./s1. The molecule has 2 saturated carbocycles. The summed E-state index contributed by atoms with van der Waals surface area (Å²) >= 11 is 0. The highest BCUT2D eigenvalue weighted by Crippen LogP contribution is 2.48. The number of amides is 1. The van der Waals surface area contributed by atoms with Crippen molar-refractivity contribution in [2.75, 3.05) is 5.32 Å². The number of halogens is 4. The minimum Gasteiger partial charge on any atom is -0.390 e. The van der Waals surface area contributed by atoms with Crippen LogP contribution in [-0.2, 0) is 14.6 Å². The molecule has 0 unspecified atom stereocenters. The zero-order chi connectivity index (χ0) is 19.4. The Bertz CT molecular complexity index is 835. The number of hydrogen-bond donors (Lipinski definition) is 4. The molecule has 0 spiro atoms. The van der Waals surface area contributed by atoms with Gasteiger partial charge in [0, 0.05) is 23.6 Å². The summed E-state index contributed by atoms with van der Waals surface area (Å²) in [6.07, 6.45) is -1.75. The lowest BCUT2D eigenvalue weighted by Gasteiger charge is -2.33. The second-order valence-corrected chi connectivity index (χ2v) is 8.56. The van der Waals surface area contributed by atoms with E-state index in [9.17, 15) is 36.6 Å². The highest BCUT2D eigenvalue weighted by atomic mass is 35.5. The minimum atomic E-state index is -5.54. The Morgan fingerprint density at radius 2 is 1.78 bits per heavy atom. The highest BCUT2D eigenvalue weighted by molar-refractivity contribution is 7.92. The molecule has 1 aromatic carbocycles. The number of anilines is 1. The van der Waals surface area contributed by atoms with Crippen LogP contribution in [0.1, 0.15) is 6.42 Å². The van der Waals surface area contributed by atoms with Gasteiger partial charge in [-0.25, -0.2) is 8.42 Å². The van der Waals surface area contributed by atoms with Crippen molar-refractivity contribution in [3.05, 3.63) is 24.3 Å². The van der Waals surface area contributed by atoms with Crippen molar-refractivity contribution in [3.63, 3.8) is 0 Å². The molecular weight excluding hydrogens is 413 g/mol. The lowest BCUT2D eigenvalue weighted by Crippen LogP contribution is -2.52. The number of nitrogens with two attached hydrogens (primary N) is 1. The molecule has 152 valence electrons. The topological polar surface area (TPSA) is 130 Å². The Hall–Kier alpha value is -1.40. The summed E-state index contributed by atoms with van der Waals surface area (Å²) in [7, 11) is -5.54. The molecule has 6 atom stereocenters. The van der Waals surface area contributed by atoms with Crippen molar-refractivity contribution in [2.24, 2.45) is 23.5 Å². The van der Waals surface area contributed by atoms with E-state index in [0.29, 0.717) is 12.5 Å². The van der Waals surface area contributed by atoms with Crippen LogP contribution in [0.5, 0.6) is 0 Å². The van der Waals surface area contributed by atoms with Crippen LogP contribution in [0.3, 0.4) is 0 Å². The zero-order valence-electron chi connectivity index (χ0n) is 13.6. The number of carbonyl (C=O) groups excluding carboxylic acids is 1. The van der Waals surface area contributed by atoms with Gasteiger partial charge in [-0.15, -0.1) is 12.4 Å². The average Bonchev–Trinajstić information content (AvgIpc) is 3.02. The molecule has 1 amide bonds. The Kier molecular flexibility index (Phi) is 5.84. The molecule has 2 fully saturated rings. The summed E-state index contributed by atoms with van der Waals surface area (Å²) in [6, 6.07) is 3.11. The van der Waals surface area contributed by atoms with Gasteiger partial charge in [0.25, 0.3) is 9.84 Å². The monoisotopic (exact) mass is 430 g/mol. The molecule has 2 aliphatic carbocycles. The van der Waals surface area contributed by atoms with Crippen LogP contribution in [0, 0.1) is 17.8 Å². The average molecular weight is 431 g/mol. The lowest BCUT2D eigenvalue weighted by atomic mass is 9.81. The Morgan fingerprint density at radius 1 is 1.19 bits per heavy atom. The molecule has 0 aliphatic heterocycles. The summed E-state index contributed by atoms with van der Waals surface area (Å²) in [5, 5.41) is 22.1. The van der Waals surface area contributed by atoms with Crippen LogP contribution >= 0.6 is 12.4 Å². The second-order valence-electron chi connectivity index (χ2n) is 6.61. The molecule has 0 heterocycles. The lowest BCUT2D eigenvalue weighted by molar-refractivity contribution is -0.126. The summed E-state index contributed by atoms with van der Waals surface area (Å²) in [6.45, 7) is 0. The quantitative estimate of drug-likeness (QED) is 0.557. The van der Waals surface area contributed by atoms with Crippen molar-refractivity contribution >= 4 is 33.8 Å². The van der Waals surface area contributed by atoms with Gasteiger partial charge in [-0.3, -0.25) is 4.79 Å². The largest absolute Gasteiger partial charge is 0.501 e. The molecular formula is C15H18ClF3N2O5S. The van der Waals surface area contributed by atoms with Gasteiger partial charge in [-0.05, 0) is 24.6 Å². The molecule has 12 heteroatoms. The van der Waals surface area contributed by atoms with E-state index in [1.54, 1.807) is 0 Å². The van der Waals surface area contributed by atoms with Crippen molar-refractivity contribution in [1.82, 2.24) is 0 Å². The van der Waals surface area contributed by atoms with Crippen LogP contribution in [0.15, 0.2) is 29.2 Å². The van der Waals surface area contributed by atoms with Crippen molar-refractivity contribution in [2.45, 2.75) is 35.1 Å². The number of nitrogens with one attached hydrogen (secondary N) is 1. The fraction of sp³-hybridized carbons (Fsp3) is 0.533. The molecule has 2 bridgehead atoms. The number of aliphatic hydroxyl groups is 2. The van der Waals surface area contributed by atoms with E-state index < -0.39 is 62.2 Å². The highest BCUT2D eigenvalue weighted by Gasteiger charge is 2.58. The smallest absolute Gasteiger partial charge is 0.390 e. The fourth-order valence-corrected chi connectivity index (χ4v) is 4.67. The van der Waals surface area contributed by atoms with Crippen LogP contribution < -0.4 is 11.1 Å². The van der Waals surface area contributed by atoms with Crippen LogP contribution in [-0.4, -0.2) is 48.3 Å². The van der Waals surface area contributed by atoms with E-state index >= 15 is 0 Å². The van der Waals surface area contributed by atoms with E-state index in [-0.39, 0.29) is 18.1 Å². The number of fused-ring (bicyclic) bond motifs is 2. The van der Waals surface area contributed by atoms with Gasteiger partial charge in [0.05, 0.1) is 23.0 Å². The molecule has 0 radical (unpaired) electrons. The van der Waals surface area contributed by atoms with E-state index in [4.69, 9.17) is 5.73 Å². The molecule has 1 aromatic rings. The van der Waals surface area contributed by atoms with Gasteiger partial charge < -0.3 is 21.3 Å². The van der Waals surface area contributed by atoms with Gasteiger partial charge in [0.2, 0.25) is 5.91 Å². The summed E-state index contributed by atoms with van der Waals surface area (Å²) in [5.41, 5.74) is 0.362. The minimum absolute atomic E-state index is 0. The van der Waals surface area contributed by atoms with Crippen molar-refractivity contribution in [1.29, 1.82) is 0 Å². The molecule has 0 aromatic heterocycles. The molecule has 3 rings (SSSR count). The normalized spacial score (nSPS) is 32.8. The molecule has 27 heavy (non-hydrogen) atoms. The Balaban J connectivity index is 0.00000261. The zero-order valence-corrected chi connectivity index (χ0v) is 15.3. The number of sulfone groups is 1. The summed E-state index contributed by atoms with van der Waals surface area (Å²) < 4.78 is 60.9. The van der Waals surface area contributed by atoms with Gasteiger partial charge in [0.15, 0.2) is 0 Å². The number of hydrogen-bond acceptors (Lipinski definition) is 6. The van der Waals surface area contributed by atoms with Crippen LogP contribution in [0.4, 0.5) is 18.9 Å². The van der Waals surface area contributed by atoms with Gasteiger partial charge in [-0.1, -0.05) is 6.07 Å². The molecule has 0 saturated heterocycles.